The number of aryl methyl sites for hydroxylation is 1. The molecule has 0 bridgehead atoms. The standard InChI is InChI=1S/C14H11Cl2NO/c1-9-2-4-11(7-12(9)15)17-8-10-3-5-14(18)13(16)6-10/h2-8,18H,1H3. The molecule has 0 aliphatic heterocycles. The topological polar surface area (TPSA) is 32.6 Å². The number of nitrogens with zero attached hydrogens (tertiary/aromatic N) is 1. The summed E-state index contributed by atoms with van der Waals surface area (Å²) >= 11 is 11.8. The van der Waals surface area contributed by atoms with Crippen molar-refractivity contribution in [1.82, 2.24) is 0 Å². The number of hydrogen-bond acceptors (Lipinski definition) is 2. The number of benzene rings is 2. The molecule has 2 aromatic carbocycles. The van der Waals surface area contributed by atoms with E-state index in [1.54, 1.807) is 24.4 Å². The summed E-state index contributed by atoms with van der Waals surface area (Å²) < 4.78 is 0. The minimum Gasteiger partial charge on any atom is -0.506 e. The third kappa shape index (κ3) is 3.03. The number of aliphatic imine (C=N–C) groups is 1. The Morgan fingerprint density at radius 1 is 1.06 bits per heavy atom. The van der Waals surface area contributed by atoms with Gasteiger partial charge in [0, 0.05) is 11.2 Å². The van der Waals surface area contributed by atoms with Crippen molar-refractivity contribution in [3.05, 3.63) is 57.6 Å². The minimum atomic E-state index is 0.0622. The molecule has 2 rings (SSSR count). The van der Waals surface area contributed by atoms with Gasteiger partial charge >= 0.3 is 0 Å². The largest absolute Gasteiger partial charge is 0.506 e. The Morgan fingerprint density at radius 3 is 2.50 bits per heavy atom. The predicted octanol–water partition coefficient (Wildman–Crippen LogP) is 4.76. The fourth-order valence-corrected chi connectivity index (χ4v) is 1.78. The quantitative estimate of drug-likeness (QED) is 0.790. The lowest BCUT2D eigenvalue weighted by atomic mass is 10.2. The van der Waals surface area contributed by atoms with Gasteiger partial charge in [0.25, 0.3) is 0 Å². The summed E-state index contributed by atoms with van der Waals surface area (Å²) in [4.78, 5) is 4.30. The normalized spacial score (nSPS) is 11.1. The summed E-state index contributed by atoms with van der Waals surface area (Å²) in [5.74, 6) is 0.0622. The predicted molar refractivity (Wildman–Crippen MR) is 76.6 cm³/mol. The van der Waals surface area contributed by atoms with Gasteiger partial charge in [0.1, 0.15) is 5.75 Å². The third-order valence-electron chi connectivity index (χ3n) is 2.49. The highest BCUT2D eigenvalue weighted by atomic mass is 35.5. The summed E-state index contributed by atoms with van der Waals surface area (Å²) in [5.41, 5.74) is 2.60. The summed E-state index contributed by atoms with van der Waals surface area (Å²) in [6.07, 6.45) is 1.67. The van der Waals surface area contributed by atoms with E-state index in [9.17, 15) is 5.11 Å². The molecule has 0 aliphatic carbocycles. The lowest BCUT2D eigenvalue weighted by Crippen LogP contribution is -1.81. The van der Waals surface area contributed by atoms with Gasteiger partial charge in [-0.15, -0.1) is 0 Å². The molecule has 0 saturated carbocycles. The van der Waals surface area contributed by atoms with Crippen molar-refractivity contribution in [3.8, 4) is 5.75 Å². The second-order valence-electron chi connectivity index (χ2n) is 3.90. The highest BCUT2D eigenvalue weighted by Crippen LogP contribution is 2.24. The Labute approximate surface area is 116 Å². The van der Waals surface area contributed by atoms with Crippen LogP contribution in [0.4, 0.5) is 5.69 Å². The van der Waals surface area contributed by atoms with Crippen LogP contribution in [-0.2, 0) is 0 Å². The Bertz CT molecular complexity index is 555. The molecule has 0 radical (unpaired) electrons. The molecular weight excluding hydrogens is 269 g/mol. The van der Waals surface area contributed by atoms with Gasteiger partial charge < -0.3 is 5.11 Å². The van der Waals surface area contributed by atoms with E-state index >= 15 is 0 Å². The van der Waals surface area contributed by atoms with E-state index in [1.165, 1.54) is 6.07 Å². The molecule has 0 unspecified atom stereocenters. The van der Waals surface area contributed by atoms with E-state index in [0.29, 0.717) is 10.0 Å². The number of phenolic OH excluding ortho intramolecular Hbond substituents is 1. The molecule has 0 aromatic heterocycles. The Balaban J connectivity index is 2.24. The van der Waals surface area contributed by atoms with Gasteiger partial charge in [-0.2, -0.15) is 0 Å². The molecule has 0 amide bonds. The molecule has 4 heteroatoms. The Morgan fingerprint density at radius 2 is 1.83 bits per heavy atom. The Kier molecular flexibility index (Phi) is 3.90. The highest BCUT2D eigenvalue weighted by Gasteiger charge is 1.99. The van der Waals surface area contributed by atoms with Crippen molar-refractivity contribution in [1.29, 1.82) is 0 Å². The Hall–Kier alpha value is -1.51. The van der Waals surface area contributed by atoms with Gasteiger partial charge in [-0.05, 0) is 48.4 Å². The molecule has 1 N–H and O–H groups in total. The molecule has 0 saturated heterocycles. The van der Waals surface area contributed by atoms with Crippen LogP contribution >= 0.6 is 23.2 Å². The number of phenols is 1. The van der Waals surface area contributed by atoms with Gasteiger partial charge in [-0.1, -0.05) is 29.3 Å². The van der Waals surface area contributed by atoms with E-state index in [0.717, 1.165) is 16.8 Å². The van der Waals surface area contributed by atoms with Crippen LogP contribution in [0, 0.1) is 6.92 Å². The lowest BCUT2D eigenvalue weighted by molar-refractivity contribution is 0.475. The molecule has 0 heterocycles. The molecule has 18 heavy (non-hydrogen) atoms. The number of hydrogen-bond donors (Lipinski definition) is 1. The molecule has 0 fully saturated rings. The summed E-state index contributed by atoms with van der Waals surface area (Å²) in [7, 11) is 0. The fourth-order valence-electron chi connectivity index (χ4n) is 1.41. The summed E-state index contributed by atoms with van der Waals surface area (Å²) in [5, 5.41) is 10.3. The zero-order chi connectivity index (χ0) is 13.1. The maximum atomic E-state index is 9.30. The van der Waals surface area contributed by atoms with Crippen LogP contribution < -0.4 is 0 Å². The van der Waals surface area contributed by atoms with Crippen molar-refractivity contribution in [3.63, 3.8) is 0 Å². The van der Waals surface area contributed by atoms with E-state index in [1.807, 2.05) is 19.1 Å². The zero-order valence-corrected chi connectivity index (χ0v) is 11.2. The summed E-state index contributed by atoms with van der Waals surface area (Å²) in [6, 6.07) is 10.5. The maximum absolute atomic E-state index is 9.30. The first-order valence-corrected chi connectivity index (χ1v) is 6.10. The van der Waals surface area contributed by atoms with Gasteiger partial charge in [0.15, 0.2) is 0 Å². The molecular formula is C14H11Cl2NO. The molecule has 92 valence electrons. The van der Waals surface area contributed by atoms with Crippen molar-refractivity contribution in [2.45, 2.75) is 6.92 Å². The first-order chi connectivity index (χ1) is 8.56. The van der Waals surface area contributed by atoms with Crippen LogP contribution in [-0.4, -0.2) is 11.3 Å². The first-order valence-electron chi connectivity index (χ1n) is 5.35. The minimum absolute atomic E-state index is 0.0622. The average molecular weight is 280 g/mol. The van der Waals surface area contributed by atoms with Gasteiger partial charge in [-0.25, -0.2) is 0 Å². The van der Waals surface area contributed by atoms with Gasteiger partial charge in [-0.3, -0.25) is 4.99 Å². The van der Waals surface area contributed by atoms with Crippen LogP contribution in [0.15, 0.2) is 41.4 Å². The first kappa shape index (κ1) is 12.9. The van der Waals surface area contributed by atoms with Crippen molar-refractivity contribution >= 4 is 35.1 Å². The molecule has 0 spiro atoms. The number of rotatable bonds is 2. The van der Waals surface area contributed by atoms with Crippen LogP contribution in [0.25, 0.3) is 0 Å². The van der Waals surface area contributed by atoms with Crippen molar-refractivity contribution in [2.75, 3.05) is 0 Å². The number of halogens is 2. The molecule has 2 aromatic rings. The highest BCUT2D eigenvalue weighted by molar-refractivity contribution is 6.32. The second-order valence-corrected chi connectivity index (χ2v) is 4.72. The van der Waals surface area contributed by atoms with E-state index in [4.69, 9.17) is 23.2 Å². The smallest absolute Gasteiger partial charge is 0.134 e. The van der Waals surface area contributed by atoms with Crippen molar-refractivity contribution < 1.29 is 5.11 Å². The third-order valence-corrected chi connectivity index (χ3v) is 3.20. The zero-order valence-electron chi connectivity index (χ0n) is 9.69. The molecule has 0 atom stereocenters. The average Bonchev–Trinajstić information content (AvgIpc) is 2.35. The van der Waals surface area contributed by atoms with Crippen LogP contribution in [0.5, 0.6) is 5.75 Å². The SMILES string of the molecule is Cc1ccc(N=Cc2ccc(O)c(Cl)c2)cc1Cl. The fraction of sp³-hybridized carbons (Fsp3) is 0.0714. The van der Waals surface area contributed by atoms with E-state index in [-0.39, 0.29) is 5.75 Å². The summed E-state index contributed by atoms with van der Waals surface area (Å²) in [6.45, 7) is 1.94. The van der Waals surface area contributed by atoms with Crippen LogP contribution in [0.1, 0.15) is 11.1 Å². The second kappa shape index (κ2) is 5.42. The van der Waals surface area contributed by atoms with Crippen LogP contribution in [0.3, 0.4) is 0 Å². The molecule has 0 aliphatic rings. The van der Waals surface area contributed by atoms with Crippen molar-refractivity contribution in [2.24, 2.45) is 4.99 Å². The van der Waals surface area contributed by atoms with Crippen LogP contribution in [0.2, 0.25) is 10.0 Å². The van der Waals surface area contributed by atoms with Gasteiger partial charge in [0.05, 0.1) is 10.7 Å². The molecule has 2 nitrogen and oxygen atoms in total. The maximum Gasteiger partial charge on any atom is 0.134 e. The van der Waals surface area contributed by atoms with E-state index < -0.39 is 0 Å². The lowest BCUT2D eigenvalue weighted by Gasteiger charge is -2.00. The number of aromatic hydroxyl groups is 1. The van der Waals surface area contributed by atoms with E-state index in [2.05, 4.69) is 4.99 Å². The van der Waals surface area contributed by atoms with Gasteiger partial charge in [0.2, 0.25) is 0 Å². The monoisotopic (exact) mass is 279 g/mol.